The van der Waals surface area contributed by atoms with Gasteiger partial charge in [0.15, 0.2) is 11.2 Å². The second-order valence-corrected chi connectivity index (χ2v) is 5.41. The average molecular weight is 294 g/mol. The van der Waals surface area contributed by atoms with Gasteiger partial charge in [-0.1, -0.05) is 13.8 Å². The summed E-state index contributed by atoms with van der Waals surface area (Å²) in [5.41, 5.74) is 5.74. The number of hydrogen-bond donors (Lipinski definition) is 3. The molecule has 0 saturated heterocycles. The van der Waals surface area contributed by atoms with E-state index in [2.05, 4.69) is 15.3 Å². The fraction of sp³-hybridized carbons (Fsp3) is 0.615. The molecular formula is C13H22N6O2. The van der Waals surface area contributed by atoms with Gasteiger partial charge in [0.2, 0.25) is 5.95 Å². The van der Waals surface area contributed by atoms with Crippen LogP contribution in [0, 0.1) is 0 Å². The number of aromatic amines is 1. The Morgan fingerprint density at radius 2 is 1.86 bits per heavy atom. The molecule has 0 spiro atoms. The van der Waals surface area contributed by atoms with Crippen molar-refractivity contribution >= 4 is 17.1 Å². The number of nitrogens with one attached hydrogen (secondary N) is 2. The Hall–Kier alpha value is -2.09. The van der Waals surface area contributed by atoms with Gasteiger partial charge in [0.25, 0.3) is 5.56 Å². The highest BCUT2D eigenvalue weighted by molar-refractivity contribution is 5.72. The molecule has 2 rings (SSSR count). The predicted octanol–water partition coefficient (Wildman–Crippen LogP) is -0.110. The van der Waals surface area contributed by atoms with Gasteiger partial charge >= 0.3 is 5.69 Å². The molecule has 4 N–H and O–H groups in total. The van der Waals surface area contributed by atoms with Crippen LogP contribution in [0.5, 0.6) is 0 Å². The maximum absolute atomic E-state index is 12.1. The average Bonchev–Trinajstić information content (AvgIpc) is 2.93. The normalized spacial score (nSPS) is 12.0. The molecule has 0 radical (unpaired) electrons. The number of anilines is 1. The molecule has 0 saturated carbocycles. The molecule has 116 valence electrons. The summed E-state index contributed by atoms with van der Waals surface area (Å²) >= 11 is 0. The van der Waals surface area contributed by atoms with E-state index in [0.29, 0.717) is 23.7 Å². The van der Waals surface area contributed by atoms with Crippen molar-refractivity contribution in [2.45, 2.75) is 32.2 Å². The summed E-state index contributed by atoms with van der Waals surface area (Å²) in [6.45, 7) is 4.60. The summed E-state index contributed by atoms with van der Waals surface area (Å²) in [5, 5.41) is 3.11. The van der Waals surface area contributed by atoms with E-state index in [1.165, 1.54) is 11.6 Å². The lowest BCUT2D eigenvalue weighted by Gasteiger charge is -2.26. The van der Waals surface area contributed by atoms with Crippen LogP contribution in [0.2, 0.25) is 0 Å². The van der Waals surface area contributed by atoms with Gasteiger partial charge in [-0.2, -0.15) is 4.98 Å². The summed E-state index contributed by atoms with van der Waals surface area (Å²) in [7, 11) is 3.02. The highest BCUT2D eigenvalue weighted by Crippen LogP contribution is 2.13. The third-order valence-corrected chi connectivity index (χ3v) is 4.11. The maximum Gasteiger partial charge on any atom is 0.332 e. The van der Waals surface area contributed by atoms with Gasteiger partial charge < -0.3 is 16.0 Å². The first kappa shape index (κ1) is 15.3. The van der Waals surface area contributed by atoms with Crippen molar-refractivity contribution in [3.8, 4) is 0 Å². The zero-order chi connectivity index (χ0) is 15.8. The van der Waals surface area contributed by atoms with E-state index in [1.54, 1.807) is 7.05 Å². The van der Waals surface area contributed by atoms with Gasteiger partial charge in [-0.3, -0.25) is 13.9 Å². The zero-order valence-corrected chi connectivity index (χ0v) is 12.9. The van der Waals surface area contributed by atoms with Crippen molar-refractivity contribution < 1.29 is 0 Å². The molecule has 2 aromatic heterocycles. The van der Waals surface area contributed by atoms with Crippen molar-refractivity contribution in [2.75, 3.05) is 11.9 Å². The molecule has 0 fully saturated rings. The second-order valence-electron chi connectivity index (χ2n) is 5.41. The molecule has 8 heteroatoms. The molecule has 0 aliphatic rings. The Morgan fingerprint density at radius 1 is 1.24 bits per heavy atom. The number of rotatable bonds is 5. The largest absolute Gasteiger partial charge is 0.354 e. The number of aryl methyl sites for hydroxylation is 1. The molecule has 0 bridgehead atoms. The first-order valence-corrected chi connectivity index (χ1v) is 7.01. The fourth-order valence-corrected chi connectivity index (χ4v) is 2.17. The van der Waals surface area contributed by atoms with Crippen molar-refractivity contribution in [1.29, 1.82) is 0 Å². The Kier molecular flexibility index (Phi) is 3.91. The molecule has 0 amide bonds. The Morgan fingerprint density at radius 3 is 2.43 bits per heavy atom. The van der Waals surface area contributed by atoms with Crippen LogP contribution in [0.1, 0.15) is 26.7 Å². The number of nitrogens with two attached hydrogens (primary N) is 1. The van der Waals surface area contributed by atoms with Gasteiger partial charge in [0.1, 0.15) is 0 Å². The smallest absolute Gasteiger partial charge is 0.332 e. The van der Waals surface area contributed by atoms with Gasteiger partial charge in [-0.05, 0) is 12.8 Å². The summed E-state index contributed by atoms with van der Waals surface area (Å²) in [5.74, 6) is 0.444. The molecule has 21 heavy (non-hydrogen) atoms. The topological polar surface area (TPSA) is 111 Å². The molecule has 2 aromatic rings. The molecule has 2 heterocycles. The molecular weight excluding hydrogens is 272 g/mol. The quantitative estimate of drug-likeness (QED) is 0.712. The van der Waals surface area contributed by atoms with E-state index in [-0.39, 0.29) is 5.54 Å². The van der Waals surface area contributed by atoms with Crippen LogP contribution in [-0.4, -0.2) is 31.2 Å². The van der Waals surface area contributed by atoms with Crippen LogP contribution in [0.25, 0.3) is 11.2 Å². The maximum atomic E-state index is 12.1. The summed E-state index contributed by atoms with van der Waals surface area (Å²) in [4.78, 5) is 31.1. The SMILES string of the molecule is CCC(N)(CC)CNc1nc2c([nH]1)c(=O)n(C)c(=O)n2C. The van der Waals surface area contributed by atoms with Gasteiger partial charge in [0.05, 0.1) is 0 Å². The van der Waals surface area contributed by atoms with Crippen LogP contribution < -0.4 is 22.3 Å². The number of H-pyrrole nitrogens is 1. The van der Waals surface area contributed by atoms with E-state index in [1.807, 2.05) is 13.8 Å². The van der Waals surface area contributed by atoms with Crippen LogP contribution in [0.4, 0.5) is 5.95 Å². The highest BCUT2D eigenvalue weighted by Gasteiger charge is 2.21. The summed E-state index contributed by atoms with van der Waals surface area (Å²) in [6.07, 6.45) is 1.66. The third kappa shape index (κ3) is 2.58. The van der Waals surface area contributed by atoms with Crippen molar-refractivity contribution in [3.63, 3.8) is 0 Å². The van der Waals surface area contributed by atoms with E-state index in [9.17, 15) is 9.59 Å². The minimum Gasteiger partial charge on any atom is -0.354 e. The first-order valence-electron chi connectivity index (χ1n) is 7.01. The van der Waals surface area contributed by atoms with Gasteiger partial charge in [-0.25, -0.2) is 4.79 Å². The standard InChI is InChI=1S/C13H22N6O2/c1-5-13(14,6-2)7-15-11-16-8-9(17-11)18(3)12(21)19(4)10(8)20/h5-7,14H2,1-4H3,(H2,15,16,17). The lowest BCUT2D eigenvalue weighted by atomic mass is 9.94. The van der Waals surface area contributed by atoms with E-state index < -0.39 is 11.2 Å². The van der Waals surface area contributed by atoms with Crippen LogP contribution in [-0.2, 0) is 14.1 Å². The molecule has 0 aromatic carbocycles. The van der Waals surface area contributed by atoms with E-state index >= 15 is 0 Å². The number of imidazole rings is 1. The van der Waals surface area contributed by atoms with Crippen LogP contribution >= 0.6 is 0 Å². The highest BCUT2D eigenvalue weighted by atomic mass is 16.2. The van der Waals surface area contributed by atoms with Gasteiger partial charge in [0, 0.05) is 26.2 Å². The molecule has 0 aliphatic carbocycles. The van der Waals surface area contributed by atoms with Crippen molar-refractivity contribution in [1.82, 2.24) is 19.1 Å². The molecule has 0 atom stereocenters. The number of nitrogens with zero attached hydrogens (tertiary/aromatic N) is 3. The minimum absolute atomic E-state index is 0.303. The van der Waals surface area contributed by atoms with Crippen LogP contribution in [0.15, 0.2) is 9.59 Å². The second kappa shape index (κ2) is 5.36. The Labute approximate surface area is 122 Å². The lowest BCUT2D eigenvalue weighted by molar-refractivity contribution is 0.417. The summed E-state index contributed by atoms with van der Waals surface area (Å²) in [6, 6.07) is 0. The zero-order valence-electron chi connectivity index (χ0n) is 12.9. The number of hydrogen-bond acceptors (Lipinski definition) is 5. The number of fused-ring (bicyclic) bond motifs is 1. The third-order valence-electron chi connectivity index (χ3n) is 4.11. The lowest BCUT2D eigenvalue weighted by Crippen LogP contribution is -2.45. The molecule has 8 nitrogen and oxygen atoms in total. The molecule has 0 unspecified atom stereocenters. The first-order chi connectivity index (χ1) is 9.83. The number of aromatic nitrogens is 4. The molecule has 0 aliphatic heterocycles. The minimum atomic E-state index is -0.402. The Balaban J connectivity index is 2.41. The van der Waals surface area contributed by atoms with Gasteiger partial charge in [-0.15, -0.1) is 0 Å². The summed E-state index contributed by atoms with van der Waals surface area (Å²) < 4.78 is 2.39. The Bertz CT molecular complexity index is 765. The predicted molar refractivity (Wildman–Crippen MR) is 82.6 cm³/mol. The van der Waals surface area contributed by atoms with E-state index in [4.69, 9.17) is 5.73 Å². The van der Waals surface area contributed by atoms with Crippen molar-refractivity contribution in [2.24, 2.45) is 19.8 Å². The fourth-order valence-electron chi connectivity index (χ4n) is 2.17. The van der Waals surface area contributed by atoms with Crippen molar-refractivity contribution in [3.05, 3.63) is 20.8 Å². The monoisotopic (exact) mass is 294 g/mol. The van der Waals surface area contributed by atoms with E-state index in [0.717, 1.165) is 17.4 Å². The van der Waals surface area contributed by atoms with Crippen LogP contribution in [0.3, 0.4) is 0 Å².